The summed E-state index contributed by atoms with van der Waals surface area (Å²) in [5, 5.41) is 0. The molecule has 1 unspecified atom stereocenters. The number of nitrogens with zero attached hydrogens (tertiary/aromatic N) is 2. The van der Waals surface area contributed by atoms with Gasteiger partial charge < -0.3 is 14.2 Å². The van der Waals surface area contributed by atoms with E-state index in [0.717, 1.165) is 22.5 Å². The van der Waals surface area contributed by atoms with Crippen LogP contribution in [0.2, 0.25) is 0 Å². The number of hydrogen-bond acceptors (Lipinski definition) is 6. The fourth-order valence-electron chi connectivity index (χ4n) is 3.55. The molecule has 0 N–H and O–H groups in total. The standard InChI is InChI=1S/C24H26N2O4/c1-5-29-22(27)21(30-23-25-17(2)16-18(3)26-23)24(28-4,19-12-8-6-9-13-19)20-14-10-7-11-15-20/h6-16,21H,5H2,1-4H3. The Morgan fingerprint density at radius 1 is 0.933 bits per heavy atom. The van der Waals surface area contributed by atoms with Crippen molar-refractivity contribution in [1.82, 2.24) is 9.97 Å². The van der Waals surface area contributed by atoms with E-state index in [4.69, 9.17) is 14.2 Å². The maximum Gasteiger partial charge on any atom is 0.351 e. The van der Waals surface area contributed by atoms with E-state index in [2.05, 4.69) is 9.97 Å². The van der Waals surface area contributed by atoms with Crippen molar-refractivity contribution in [2.75, 3.05) is 13.7 Å². The monoisotopic (exact) mass is 406 g/mol. The molecule has 0 fully saturated rings. The van der Waals surface area contributed by atoms with Gasteiger partial charge in [0, 0.05) is 18.5 Å². The number of hydrogen-bond donors (Lipinski definition) is 0. The third-order valence-electron chi connectivity index (χ3n) is 4.78. The minimum Gasteiger partial charge on any atom is -0.463 e. The summed E-state index contributed by atoms with van der Waals surface area (Å²) in [6, 6.07) is 20.9. The van der Waals surface area contributed by atoms with E-state index in [0.29, 0.717) is 0 Å². The van der Waals surface area contributed by atoms with Crippen molar-refractivity contribution in [1.29, 1.82) is 0 Å². The Hall–Kier alpha value is -3.25. The van der Waals surface area contributed by atoms with Gasteiger partial charge >= 0.3 is 12.0 Å². The normalized spacial score (nSPS) is 12.3. The van der Waals surface area contributed by atoms with E-state index >= 15 is 0 Å². The van der Waals surface area contributed by atoms with E-state index in [9.17, 15) is 4.79 Å². The van der Waals surface area contributed by atoms with Gasteiger partial charge in [0.1, 0.15) is 0 Å². The molecule has 3 rings (SSSR count). The highest BCUT2D eigenvalue weighted by molar-refractivity contribution is 5.78. The zero-order valence-corrected chi connectivity index (χ0v) is 17.7. The largest absolute Gasteiger partial charge is 0.463 e. The van der Waals surface area contributed by atoms with E-state index in [1.807, 2.05) is 80.6 Å². The summed E-state index contributed by atoms with van der Waals surface area (Å²) in [5.41, 5.74) is 1.71. The first-order chi connectivity index (χ1) is 14.5. The molecule has 0 aliphatic carbocycles. The average Bonchev–Trinajstić information content (AvgIpc) is 2.75. The molecule has 6 heteroatoms. The zero-order chi connectivity index (χ0) is 21.6. The first-order valence-electron chi connectivity index (χ1n) is 9.83. The fourth-order valence-corrected chi connectivity index (χ4v) is 3.55. The van der Waals surface area contributed by atoms with Crippen LogP contribution < -0.4 is 4.74 Å². The van der Waals surface area contributed by atoms with E-state index < -0.39 is 17.7 Å². The molecule has 30 heavy (non-hydrogen) atoms. The summed E-state index contributed by atoms with van der Waals surface area (Å²) >= 11 is 0. The van der Waals surface area contributed by atoms with Crippen LogP contribution in [-0.4, -0.2) is 35.8 Å². The molecule has 0 aliphatic rings. The first-order valence-corrected chi connectivity index (χ1v) is 9.83. The van der Waals surface area contributed by atoms with Gasteiger partial charge in [-0.15, -0.1) is 0 Å². The van der Waals surface area contributed by atoms with E-state index in [1.165, 1.54) is 0 Å². The summed E-state index contributed by atoms with van der Waals surface area (Å²) in [4.78, 5) is 21.9. The van der Waals surface area contributed by atoms with Crippen LogP contribution in [0, 0.1) is 13.8 Å². The molecule has 0 saturated carbocycles. The second-order valence-electron chi connectivity index (χ2n) is 6.86. The zero-order valence-electron chi connectivity index (χ0n) is 17.7. The lowest BCUT2D eigenvalue weighted by atomic mass is 9.81. The predicted octanol–water partition coefficient (Wildman–Crippen LogP) is 3.99. The fraction of sp³-hybridized carbons (Fsp3) is 0.292. The van der Waals surface area contributed by atoms with Crippen LogP contribution >= 0.6 is 0 Å². The summed E-state index contributed by atoms with van der Waals surface area (Å²) in [7, 11) is 1.55. The van der Waals surface area contributed by atoms with Crippen molar-refractivity contribution in [2.45, 2.75) is 32.5 Å². The van der Waals surface area contributed by atoms with Gasteiger partial charge in [0.05, 0.1) is 6.61 Å². The molecule has 0 amide bonds. The van der Waals surface area contributed by atoms with Crippen LogP contribution in [0.15, 0.2) is 66.7 Å². The lowest BCUT2D eigenvalue weighted by molar-refractivity contribution is -0.166. The number of aryl methyl sites for hydroxylation is 2. The van der Waals surface area contributed by atoms with Crippen LogP contribution in [0.1, 0.15) is 29.4 Å². The Morgan fingerprint density at radius 3 is 1.87 bits per heavy atom. The summed E-state index contributed by atoms with van der Waals surface area (Å²) in [5.74, 6) is -0.560. The number of rotatable bonds is 8. The predicted molar refractivity (Wildman–Crippen MR) is 113 cm³/mol. The average molecular weight is 406 g/mol. The molecule has 0 radical (unpaired) electrons. The maximum atomic E-state index is 13.2. The second-order valence-corrected chi connectivity index (χ2v) is 6.86. The van der Waals surface area contributed by atoms with Crippen molar-refractivity contribution in [2.24, 2.45) is 0 Å². The molecule has 0 spiro atoms. The Kier molecular flexibility index (Phi) is 6.79. The van der Waals surface area contributed by atoms with Gasteiger partial charge in [-0.05, 0) is 38.0 Å². The van der Waals surface area contributed by atoms with Gasteiger partial charge in [-0.1, -0.05) is 60.7 Å². The molecule has 0 saturated heterocycles. The maximum absolute atomic E-state index is 13.2. The van der Waals surface area contributed by atoms with Crippen LogP contribution in [-0.2, 0) is 19.9 Å². The van der Waals surface area contributed by atoms with Gasteiger partial charge in [0.2, 0.25) is 6.10 Å². The van der Waals surface area contributed by atoms with Crippen LogP contribution in [0.4, 0.5) is 0 Å². The molecule has 1 heterocycles. The Bertz CT molecular complexity index is 917. The second kappa shape index (κ2) is 9.50. The highest BCUT2D eigenvalue weighted by Gasteiger charge is 2.50. The van der Waals surface area contributed by atoms with E-state index in [-0.39, 0.29) is 12.6 Å². The number of aromatic nitrogens is 2. The molecule has 2 aromatic carbocycles. The molecular formula is C24H26N2O4. The van der Waals surface area contributed by atoms with Crippen molar-refractivity contribution in [3.8, 4) is 6.01 Å². The number of carbonyl (C=O) groups is 1. The molecular weight excluding hydrogens is 380 g/mol. The molecule has 0 bridgehead atoms. The van der Waals surface area contributed by atoms with Gasteiger partial charge in [0.25, 0.3) is 0 Å². The highest BCUT2D eigenvalue weighted by Crippen LogP contribution is 2.39. The third-order valence-corrected chi connectivity index (χ3v) is 4.78. The van der Waals surface area contributed by atoms with Crippen LogP contribution in [0.25, 0.3) is 0 Å². The molecule has 6 nitrogen and oxygen atoms in total. The van der Waals surface area contributed by atoms with E-state index in [1.54, 1.807) is 14.0 Å². The Balaban J connectivity index is 2.22. The quantitative estimate of drug-likeness (QED) is 0.527. The number of benzene rings is 2. The molecule has 1 aromatic heterocycles. The molecule has 0 aliphatic heterocycles. The number of esters is 1. The molecule has 3 aromatic rings. The Labute approximate surface area is 176 Å². The van der Waals surface area contributed by atoms with Gasteiger partial charge in [0.15, 0.2) is 5.60 Å². The van der Waals surface area contributed by atoms with Crippen molar-refractivity contribution in [3.05, 3.63) is 89.2 Å². The summed E-state index contributed by atoms with van der Waals surface area (Å²) < 4.78 is 17.6. The minimum absolute atomic E-state index is 0.0961. The van der Waals surface area contributed by atoms with Crippen molar-refractivity contribution >= 4 is 5.97 Å². The lowest BCUT2D eigenvalue weighted by Gasteiger charge is -2.38. The minimum atomic E-state index is -1.27. The van der Waals surface area contributed by atoms with Crippen LogP contribution in [0.5, 0.6) is 6.01 Å². The number of ether oxygens (including phenoxy) is 3. The lowest BCUT2D eigenvalue weighted by Crippen LogP contribution is -2.51. The van der Waals surface area contributed by atoms with Gasteiger partial charge in [-0.3, -0.25) is 0 Å². The Morgan fingerprint density at radius 2 is 1.43 bits per heavy atom. The molecule has 156 valence electrons. The SMILES string of the molecule is CCOC(=O)C(Oc1nc(C)cc(C)n1)C(OC)(c1ccccc1)c1ccccc1. The van der Waals surface area contributed by atoms with Crippen molar-refractivity contribution in [3.63, 3.8) is 0 Å². The third kappa shape index (κ3) is 4.33. The number of carbonyl (C=O) groups excluding carboxylic acids is 1. The van der Waals surface area contributed by atoms with Crippen LogP contribution in [0.3, 0.4) is 0 Å². The molecule has 1 atom stereocenters. The van der Waals surface area contributed by atoms with Gasteiger partial charge in [-0.2, -0.15) is 0 Å². The number of methoxy groups -OCH3 is 1. The first kappa shape index (κ1) is 21.5. The highest BCUT2D eigenvalue weighted by atomic mass is 16.6. The van der Waals surface area contributed by atoms with Gasteiger partial charge in [-0.25, -0.2) is 14.8 Å². The van der Waals surface area contributed by atoms with Crippen molar-refractivity contribution < 1.29 is 19.0 Å². The summed E-state index contributed by atoms with van der Waals surface area (Å²) in [6.07, 6.45) is -1.17. The topological polar surface area (TPSA) is 70.5 Å². The summed E-state index contributed by atoms with van der Waals surface area (Å²) in [6.45, 7) is 5.65. The smallest absolute Gasteiger partial charge is 0.351 e.